The molecule has 1 unspecified atom stereocenters. The standard InChI is InChI=1S/C29H29N3O4/c1-35-24-17-16-21(18-25(24)36-2)27-30-23-15-9-8-14-22(23)29(34)32(27)31-28(33)26(20-12-6-7-13-20)19-10-4-3-5-11-19/h3-5,8-11,14-18,20,26H,6-7,12-13H2,1-2H3,(H,31,33). The molecule has 1 amide bonds. The van der Waals surface area contributed by atoms with Crippen molar-refractivity contribution in [3.63, 3.8) is 0 Å². The van der Waals surface area contributed by atoms with E-state index < -0.39 is 0 Å². The molecule has 5 rings (SSSR count). The molecule has 0 aliphatic heterocycles. The van der Waals surface area contributed by atoms with Gasteiger partial charge in [-0.1, -0.05) is 55.3 Å². The molecule has 1 fully saturated rings. The molecule has 1 atom stereocenters. The predicted molar refractivity (Wildman–Crippen MR) is 140 cm³/mol. The zero-order valence-electron chi connectivity index (χ0n) is 20.4. The van der Waals surface area contributed by atoms with Gasteiger partial charge in [-0.3, -0.25) is 15.0 Å². The molecule has 0 radical (unpaired) electrons. The van der Waals surface area contributed by atoms with Gasteiger partial charge < -0.3 is 9.47 Å². The van der Waals surface area contributed by atoms with Gasteiger partial charge in [-0.05, 0) is 54.7 Å². The van der Waals surface area contributed by atoms with Crippen LogP contribution in [-0.4, -0.2) is 29.8 Å². The Balaban J connectivity index is 1.63. The second-order valence-electron chi connectivity index (χ2n) is 9.07. The minimum atomic E-state index is -0.356. The number of para-hydroxylation sites is 1. The number of fused-ring (bicyclic) bond motifs is 1. The molecular weight excluding hydrogens is 454 g/mol. The first-order valence-corrected chi connectivity index (χ1v) is 12.2. The Morgan fingerprint density at radius 3 is 2.36 bits per heavy atom. The monoisotopic (exact) mass is 483 g/mol. The Labute approximate surface area is 209 Å². The molecule has 0 saturated heterocycles. The quantitative estimate of drug-likeness (QED) is 0.394. The molecule has 184 valence electrons. The summed E-state index contributed by atoms with van der Waals surface area (Å²) in [4.78, 5) is 32.3. The molecular formula is C29H29N3O4. The fourth-order valence-corrected chi connectivity index (χ4v) is 5.17. The number of benzene rings is 3. The molecule has 1 aliphatic rings. The van der Waals surface area contributed by atoms with Crippen LogP contribution in [0, 0.1) is 5.92 Å². The van der Waals surface area contributed by atoms with Gasteiger partial charge in [-0.2, -0.15) is 4.68 Å². The largest absolute Gasteiger partial charge is 0.493 e. The van der Waals surface area contributed by atoms with E-state index in [4.69, 9.17) is 14.5 Å². The highest BCUT2D eigenvalue weighted by molar-refractivity contribution is 5.91. The number of hydrogen-bond donors (Lipinski definition) is 1. The first-order chi connectivity index (χ1) is 17.6. The summed E-state index contributed by atoms with van der Waals surface area (Å²) in [5.74, 6) is 1.04. The van der Waals surface area contributed by atoms with E-state index in [1.807, 2.05) is 36.4 Å². The minimum absolute atomic E-state index is 0.214. The highest BCUT2D eigenvalue weighted by atomic mass is 16.5. The zero-order chi connectivity index (χ0) is 25.1. The van der Waals surface area contributed by atoms with Crippen LogP contribution >= 0.6 is 0 Å². The van der Waals surface area contributed by atoms with Gasteiger partial charge in [-0.25, -0.2) is 4.98 Å². The number of amides is 1. The van der Waals surface area contributed by atoms with Crippen molar-refractivity contribution in [2.24, 2.45) is 5.92 Å². The molecule has 7 nitrogen and oxygen atoms in total. The number of nitrogens with one attached hydrogen (secondary N) is 1. The topological polar surface area (TPSA) is 82.5 Å². The smallest absolute Gasteiger partial charge is 0.280 e. The average Bonchev–Trinajstić information content (AvgIpc) is 3.45. The van der Waals surface area contributed by atoms with Crippen molar-refractivity contribution < 1.29 is 14.3 Å². The van der Waals surface area contributed by atoms with E-state index >= 15 is 0 Å². The lowest BCUT2D eigenvalue weighted by Crippen LogP contribution is -2.39. The van der Waals surface area contributed by atoms with Gasteiger partial charge in [0.15, 0.2) is 17.3 Å². The van der Waals surface area contributed by atoms with Gasteiger partial charge in [0.2, 0.25) is 5.91 Å². The Hall–Kier alpha value is -4.13. The molecule has 7 heteroatoms. The van der Waals surface area contributed by atoms with Crippen molar-refractivity contribution in [3.05, 3.63) is 88.7 Å². The lowest BCUT2D eigenvalue weighted by atomic mass is 9.84. The number of carbonyl (C=O) groups is 1. The Morgan fingerprint density at radius 1 is 0.944 bits per heavy atom. The summed E-state index contributed by atoms with van der Waals surface area (Å²) in [6, 6.07) is 22.3. The third-order valence-corrected chi connectivity index (χ3v) is 6.95. The van der Waals surface area contributed by atoms with E-state index in [0.717, 1.165) is 31.2 Å². The molecule has 3 aromatic carbocycles. The molecule has 1 heterocycles. The maximum Gasteiger partial charge on any atom is 0.280 e. The fourth-order valence-electron chi connectivity index (χ4n) is 5.17. The number of aromatic nitrogens is 2. The normalized spacial score (nSPS) is 14.5. The molecule has 1 saturated carbocycles. The molecule has 1 aliphatic carbocycles. The van der Waals surface area contributed by atoms with Crippen molar-refractivity contribution in [2.45, 2.75) is 31.6 Å². The maximum atomic E-state index is 13.9. The number of nitrogens with zero attached hydrogens (tertiary/aromatic N) is 2. The molecule has 1 N–H and O–H groups in total. The second-order valence-corrected chi connectivity index (χ2v) is 9.07. The summed E-state index contributed by atoms with van der Waals surface area (Å²) in [5.41, 5.74) is 4.73. The van der Waals surface area contributed by atoms with Gasteiger partial charge in [-0.15, -0.1) is 0 Å². The molecule has 1 aromatic heterocycles. The maximum absolute atomic E-state index is 13.9. The van der Waals surface area contributed by atoms with E-state index in [-0.39, 0.29) is 23.3 Å². The summed E-state index contributed by atoms with van der Waals surface area (Å²) in [6.45, 7) is 0. The van der Waals surface area contributed by atoms with Crippen LogP contribution in [0.15, 0.2) is 77.6 Å². The summed E-state index contributed by atoms with van der Waals surface area (Å²) in [5, 5.41) is 0.430. The van der Waals surface area contributed by atoms with Crippen LogP contribution in [0.3, 0.4) is 0 Å². The van der Waals surface area contributed by atoms with Crippen LogP contribution in [-0.2, 0) is 4.79 Å². The van der Waals surface area contributed by atoms with Crippen LogP contribution in [0.25, 0.3) is 22.3 Å². The number of methoxy groups -OCH3 is 2. The third kappa shape index (κ3) is 4.44. The second kappa shape index (κ2) is 10.2. The van der Waals surface area contributed by atoms with Crippen molar-refractivity contribution in [3.8, 4) is 22.9 Å². The summed E-state index contributed by atoms with van der Waals surface area (Å²) >= 11 is 0. The van der Waals surface area contributed by atoms with Crippen LogP contribution in [0.5, 0.6) is 11.5 Å². The number of hydrogen-bond acceptors (Lipinski definition) is 5. The minimum Gasteiger partial charge on any atom is -0.493 e. The highest BCUT2D eigenvalue weighted by Crippen LogP contribution is 2.38. The molecule has 0 bridgehead atoms. The van der Waals surface area contributed by atoms with E-state index in [1.54, 1.807) is 50.6 Å². The summed E-state index contributed by atoms with van der Waals surface area (Å²) in [6.07, 6.45) is 4.19. The first-order valence-electron chi connectivity index (χ1n) is 12.2. The third-order valence-electron chi connectivity index (χ3n) is 6.95. The number of carbonyl (C=O) groups excluding carboxylic acids is 1. The van der Waals surface area contributed by atoms with Gasteiger partial charge in [0.05, 0.1) is 31.0 Å². The van der Waals surface area contributed by atoms with E-state index in [0.29, 0.717) is 33.8 Å². The predicted octanol–water partition coefficient (Wildman–Crippen LogP) is 5.12. The highest BCUT2D eigenvalue weighted by Gasteiger charge is 2.33. The van der Waals surface area contributed by atoms with Crippen molar-refractivity contribution >= 4 is 16.8 Å². The molecule has 0 spiro atoms. The molecule has 4 aromatic rings. The average molecular weight is 484 g/mol. The SMILES string of the molecule is COc1ccc(-c2nc3ccccc3c(=O)n2NC(=O)C(c2ccccc2)C2CCCC2)cc1OC. The number of rotatable bonds is 7. The van der Waals surface area contributed by atoms with Crippen molar-refractivity contribution in [1.29, 1.82) is 0 Å². The number of ether oxygens (including phenoxy) is 2. The Morgan fingerprint density at radius 2 is 1.64 bits per heavy atom. The lowest BCUT2D eigenvalue weighted by molar-refractivity contribution is -0.119. The van der Waals surface area contributed by atoms with Crippen LogP contribution in [0.4, 0.5) is 0 Å². The van der Waals surface area contributed by atoms with E-state index in [9.17, 15) is 9.59 Å². The van der Waals surface area contributed by atoms with E-state index in [2.05, 4.69) is 5.43 Å². The lowest BCUT2D eigenvalue weighted by Gasteiger charge is -2.24. The zero-order valence-corrected chi connectivity index (χ0v) is 20.4. The van der Waals surface area contributed by atoms with Crippen LogP contribution in [0.2, 0.25) is 0 Å². The molecule has 36 heavy (non-hydrogen) atoms. The fraction of sp³-hybridized carbons (Fsp3) is 0.276. The summed E-state index contributed by atoms with van der Waals surface area (Å²) in [7, 11) is 3.12. The van der Waals surface area contributed by atoms with E-state index in [1.165, 1.54) is 4.68 Å². The van der Waals surface area contributed by atoms with Crippen molar-refractivity contribution in [1.82, 2.24) is 9.66 Å². The van der Waals surface area contributed by atoms with Gasteiger partial charge in [0.1, 0.15) is 0 Å². The Bertz CT molecular complexity index is 1440. The van der Waals surface area contributed by atoms with Crippen molar-refractivity contribution in [2.75, 3.05) is 19.6 Å². The van der Waals surface area contributed by atoms with Crippen LogP contribution in [0.1, 0.15) is 37.2 Å². The first kappa shape index (κ1) is 23.6. The van der Waals surface area contributed by atoms with Gasteiger partial charge in [0, 0.05) is 5.56 Å². The summed E-state index contributed by atoms with van der Waals surface area (Å²) < 4.78 is 12.1. The van der Waals surface area contributed by atoms with Gasteiger partial charge >= 0.3 is 0 Å². The Kier molecular flexibility index (Phi) is 6.71. The van der Waals surface area contributed by atoms with Gasteiger partial charge in [0.25, 0.3) is 5.56 Å². The van der Waals surface area contributed by atoms with Crippen LogP contribution < -0.4 is 20.5 Å².